The molecule has 3 rings (SSSR count). The number of methoxy groups -OCH3 is 2. The fraction of sp³-hybridized carbons (Fsp3) is 0.562. The van der Waals surface area contributed by atoms with Crippen molar-refractivity contribution in [1.29, 1.82) is 0 Å². The van der Waals surface area contributed by atoms with Crippen LogP contribution in [0.1, 0.15) is 53.4 Å². The summed E-state index contributed by atoms with van der Waals surface area (Å²) in [4.78, 5) is 51.6. The van der Waals surface area contributed by atoms with E-state index in [2.05, 4.69) is 10.6 Å². The van der Waals surface area contributed by atoms with E-state index in [9.17, 15) is 24.3 Å². The second-order valence-electron chi connectivity index (χ2n) is 11.8. The van der Waals surface area contributed by atoms with Crippen LogP contribution in [0, 0.1) is 17.8 Å². The van der Waals surface area contributed by atoms with Gasteiger partial charge in [0.25, 0.3) is 5.91 Å². The minimum absolute atomic E-state index is 0.0923. The molecule has 2 bridgehead atoms. The smallest absolute Gasteiger partial charge is 0.405 e. The lowest BCUT2D eigenvalue weighted by atomic mass is 9.85. The summed E-state index contributed by atoms with van der Waals surface area (Å²) in [5.41, 5.74) is 6.69. The van der Waals surface area contributed by atoms with Crippen LogP contribution in [-0.2, 0) is 28.6 Å². The van der Waals surface area contributed by atoms with Gasteiger partial charge in [-0.1, -0.05) is 38.2 Å². The van der Waals surface area contributed by atoms with Crippen molar-refractivity contribution < 1.29 is 38.5 Å². The topological polar surface area (TPSA) is 166 Å². The number of carbonyl (C=O) groups is 4. The van der Waals surface area contributed by atoms with Crippen molar-refractivity contribution in [2.45, 2.75) is 77.8 Å². The van der Waals surface area contributed by atoms with Gasteiger partial charge in [-0.15, -0.1) is 0 Å². The number of aliphatic hydroxyl groups is 1. The summed E-state index contributed by atoms with van der Waals surface area (Å²) in [6.45, 7) is 7.65. The first-order valence-corrected chi connectivity index (χ1v) is 14.7. The second-order valence-corrected chi connectivity index (χ2v) is 11.8. The Labute approximate surface area is 253 Å². The first-order chi connectivity index (χ1) is 20.4. The van der Waals surface area contributed by atoms with Crippen LogP contribution in [0.5, 0.6) is 0 Å². The average Bonchev–Trinajstić information content (AvgIpc) is 3.78. The molecule has 0 aromatic rings. The van der Waals surface area contributed by atoms with E-state index in [4.69, 9.17) is 19.9 Å². The molecule has 1 heterocycles. The summed E-state index contributed by atoms with van der Waals surface area (Å²) in [7, 11) is 2.95. The third-order valence-electron chi connectivity index (χ3n) is 8.06. The van der Waals surface area contributed by atoms with E-state index >= 15 is 0 Å². The van der Waals surface area contributed by atoms with Crippen LogP contribution in [0.4, 0.5) is 4.79 Å². The average molecular weight is 600 g/mol. The Morgan fingerprint density at radius 2 is 1.84 bits per heavy atom. The van der Waals surface area contributed by atoms with Gasteiger partial charge >= 0.3 is 6.09 Å². The van der Waals surface area contributed by atoms with Gasteiger partial charge in [-0.3, -0.25) is 14.4 Å². The van der Waals surface area contributed by atoms with Crippen LogP contribution in [-0.4, -0.2) is 73.9 Å². The molecule has 5 N–H and O–H groups in total. The quantitative estimate of drug-likeness (QED) is 0.265. The Morgan fingerprint density at radius 1 is 1.14 bits per heavy atom. The number of Topliss-reactive ketones (excluding diaryl/α,β-unsaturated/α-hetero) is 1. The normalized spacial score (nSPS) is 33.0. The van der Waals surface area contributed by atoms with Gasteiger partial charge in [0.2, 0.25) is 11.6 Å². The molecular formula is C32H45N3O8. The summed E-state index contributed by atoms with van der Waals surface area (Å²) in [6, 6.07) is 0. The van der Waals surface area contributed by atoms with Gasteiger partial charge in [-0.25, -0.2) is 4.79 Å². The molecule has 0 saturated heterocycles. The summed E-state index contributed by atoms with van der Waals surface area (Å²) in [5.74, 6) is -1.47. The Kier molecular flexibility index (Phi) is 12.1. The van der Waals surface area contributed by atoms with Crippen LogP contribution in [0.15, 0.2) is 58.5 Å². The molecule has 2 aliphatic carbocycles. The van der Waals surface area contributed by atoms with Gasteiger partial charge in [-0.2, -0.15) is 0 Å². The number of ether oxygens (including phenoxy) is 3. The molecule has 1 fully saturated rings. The Morgan fingerprint density at radius 3 is 2.44 bits per heavy atom. The van der Waals surface area contributed by atoms with Gasteiger partial charge in [0.15, 0.2) is 6.10 Å². The standard InChI is InChI=1S/C32H45N3O8/c1-17-12-22-27(34-16-21-10-11-21)24(36)15-23(29(22)38)35-31(39)18(2)8-7-9-25(41-5)30(43-32(33)40)20(4)14-19(3)28(37)26(13-17)42-6/h7-9,14-15,17,19,21,25-26,28,30,34,37H,10-13,16H2,1-6H3,(H2,33,40)(H,35,39)/b9-7-,18-8+,20-14+/t17-,19?,25?,26?,28-,30?/m1/s1. The number of nitrogens with two attached hydrogens (primary N) is 1. The number of rotatable bonds is 6. The zero-order valence-corrected chi connectivity index (χ0v) is 25.8. The van der Waals surface area contributed by atoms with Crippen LogP contribution >= 0.6 is 0 Å². The first kappa shape index (κ1) is 34.0. The largest absolute Gasteiger partial charge is 0.439 e. The number of fused-ring (bicyclic) bond motifs is 2. The predicted octanol–water partition coefficient (Wildman–Crippen LogP) is 2.76. The molecule has 0 radical (unpaired) electrons. The summed E-state index contributed by atoms with van der Waals surface area (Å²) in [6.07, 6.45) is 6.18. The third-order valence-corrected chi connectivity index (χ3v) is 8.06. The van der Waals surface area contributed by atoms with Crippen LogP contribution in [0.3, 0.4) is 0 Å². The number of hydrogen-bond donors (Lipinski definition) is 4. The Hall–Kier alpha value is -3.54. The maximum absolute atomic E-state index is 13.7. The molecule has 2 amide bonds. The van der Waals surface area contributed by atoms with Crippen LogP contribution in [0.2, 0.25) is 0 Å². The van der Waals surface area contributed by atoms with Gasteiger partial charge in [0, 0.05) is 43.9 Å². The lowest BCUT2D eigenvalue weighted by Gasteiger charge is -2.30. The minimum Gasteiger partial charge on any atom is -0.439 e. The van der Waals surface area contributed by atoms with Crippen molar-refractivity contribution >= 4 is 23.6 Å². The molecule has 4 unspecified atom stereocenters. The molecule has 43 heavy (non-hydrogen) atoms. The Bertz CT molecular complexity index is 1240. The van der Waals surface area contributed by atoms with Crippen LogP contribution in [0.25, 0.3) is 0 Å². The molecule has 0 aromatic carbocycles. The van der Waals surface area contributed by atoms with Crippen molar-refractivity contribution in [1.82, 2.24) is 10.6 Å². The first-order valence-electron chi connectivity index (χ1n) is 14.7. The maximum atomic E-state index is 13.7. The number of amides is 2. The van der Waals surface area contributed by atoms with E-state index in [-0.39, 0.29) is 35.1 Å². The number of carbonyl (C=O) groups excluding carboxylic acids is 4. The summed E-state index contributed by atoms with van der Waals surface area (Å²) < 4.78 is 16.6. The maximum Gasteiger partial charge on any atom is 0.405 e. The molecule has 1 saturated carbocycles. The highest BCUT2D eigenvalue weighted by atomic mass is 16.6. The summed E-state index contributed by atoms with van der Waals surface area (Å²) >= 11 is 0. The minimum atomic E-state index is -0.992. The van der Waals surface area contributed by atoms with Crippen molar-refractivity contribution in [3.05, 3.63) is 58.5 Å². The van der Waals surface area contributed by atoms with Crippen molar-refractivity contribution in [3.63, 3.8) is 0 Å². The van der Waals surface area contributed by atoms with Crippen molar-refractivity contribution in [2.24, 2.45) is 23.5 Å². The number of primary amides is 1. The molecule has 0 spiro atoms. The number of hydrogen-bond acceptors (Lipinski definition) is 9. The third kappa shape index (κ3) is 9.22. The van der Waals surface area contributed by atoms with Gasteiger partial charge in [0.1, 0.15) is 6.10 Å². The van der Waals surface area contributed by atoms with Crippen molar-refractivity contribution in [3.8, 4) is 0 Å². The highest BCUT2D eigenvalue weighted by Crippen LogP contribution is 2.31. The monoisotopic (exact) mass is 599 g/mol. The molecule has 3 aliphatic rings. The molecule has 1 aliphatic heterocycles. The number of aliphatic hydroxyl groups excluding tert-OH is 1. The SMILES string of the molecule is COC1/C=C\C=C(/C)C(=O)NC2=CC(=O)C(NCC3CC3)=C(C[C@@H](C)CC(OC)[C@H](O)C(C)/C=C(\C)C1OC(N)=O)C2=O. The highest BCUT2D eigenvalue weighted by Gasteiger charge is 2.34. The lowest BCUT2D eigenvalue weighted by molar-refractivity contribution is -0.120. The Balaban J connectivity index is 2.04. The fourth-order valence-corrected chi connectivity index (χ4v) is 5.35. The van der Waals surface area contributed by atoms with E-state index in [1.54, 1.807) is 32.1 Å². The lowest BCUT2D eigenvalue weighted by Crippen LogP contribution is -2.38. The molecule has 0 aromatic heterocycles. The van der Waals surface area contributed by atoms with E-state index in [1.165, 1.54) is 26.4 Å². The molecule has 11 nitrogen and oxygen atoms in total. The highest BCUT2D eigenvalue weighted by molar-refractivity contribution is 6.23. The number of nitrogens with one attached hydrogen (secondary N) is 2. The molecule has 11 heteroatoms. The summed E-state index contributed by atoms with van der Waals surface area (Å²) in [5, 5.41) is 17.1. The zero-order chi connectivity index (χ0) is 31.8. The number of ketones is 2. The van der Waals surface area contributed by atoms with E-state index in [0.29, 0.717) is 30.0 Å². The van der Waals surface area contributed by atoms with Gasteiger partial charge < -0.3 is 35.7 Å². The molecule has 6 atom stereocenters. The second kappa shape index (κ2) is 15.3. The van der Waals surface area contributed by atoms with Gasteiger partial charge in [0.05, 0.1) is 23.6 Å². The number of allylic oxidation sites excluding steroid dienone is 4. The fourth-order valence-electron chi connectivity index (χ4n) is 5.35. The zero-order valence-electron chi connectivity index (χ0n) is 25.8. The van der Waals surface area contributed by atoms with E-state index in [1.807, 2.05) is 13.8 Å². The van der Waals surface area contributed by atoms with Crippen LogP contribution < -0.4 is 16.4 Å². The van der Waals surface area contributed by atoms with Crippen molar-refractivity contribution in [2.75, 3.05) is 20.8 Å². The van der Waals surface area contributed by atoms with E-state index in [0.717, 1.165) is 12.8 Å². The molecule has 236 valence electrons. The molecular weight excluding hydrogens is 554 g/mol. The van der Waals surface area contributed by atoms with E-state index < -0.39 is 48.1 Å². The predicted molar refractivity (Wildman–Crippen MR) is 160 cm³/mol. The van der Waals surface area contributed by atoms with Gasteiger partial charge in [-0.05, 0) is 56.9 Å².